The number of likely N-dealkylation sites (tertiary alicyclic amines) is 1. The Balaban J connectivity index is 0.595. The molecular formula is C63H89N15O4. The standard InChI is InChI=1S/C63H89N15O4/c1-44-11-13-48(14-12-44)50(46(3)62(4)54(70-62)37-55(79)63(64)20-25-76(26-21-63)60-57-45(2)38-65-58(57)66-42-67-60)19-22-72-31-33-75(34-32-72)56(80)41-74-29-27-73(28-30-74)39-47-17-23-77(24-18-47)61(81)52-16-15-51-59(69-52)78(43-68-51)40-49-9-7-8-10-53(49)82-36-35-71(5)6/h7-16,42-43,45-47,50,54,70H,17-41,64H2,1-6H3,(H,65,66,67)/t45?,46?,50-,54?,62?/m1/s1. The quantitative estimate of drug-likeness (QED) is 0.0814. The molecule has 5 saturated heterocycles. The molecule has 6 aliphatic rings. The van der Waals surface area contributed by atoms with Gasteiger partial charge in [0.1, 0.15) is 41.5 Å². The molecule has 0 spiro atoms. The van der Waals surface area contributed by atoms with Crippen molar-refractivity contribution in [1.82, 2.24) is 59.2 Å². The normalized spacial score (nSPS) is 23.4. The van der Waals surface area contributed by atoms with Gasteiger partial charge in [-0.2, -0.15) is 0 Å². The molecule has 11 rings (SSSR count). The number of fused-ring (bicyclic) bond motifs is 2. The summed E-state index contributed by atoms with van der Waals surface area (Å²) in [6, 6.07) is 20.9. The fraction of sp³-hybridized carbons (Fsp3) is 0.603. The van der Waals surface area contributed by atoms with Gasteiger partial charge < -0.3 is 50.2 Å². The van der Waals surface area contributed by atoms with Gasteiger partial charge in [-0.15, -0.1) is 0 Å². The van der Waals surface area contributed by atoms with Crippen molar-refractivity contribution in [1.29, 1.82) is 0 Å². The van der Waals surface area contributed by atoms with Gasteiger partial charge in [-0.25, -0.2) is 19.9 Å². The molecule has 6 aliphatic heterocycles. The average Bonchev–Trinajstić information content (AvgIpc) is 2.56. The monoisotopic (exact) mass is 1120 g/mol. The summed E-state index contributed by atoms with van der Waals surface area (Å²) in [5.41, 5.74) is 12.7. The minimum absolute atomic E-state index is 0.0253. The summed E-state index contributed by atoms with van der Waals surface area (Å²) >= 11 is 0. The van der Waals surface area contributed by atoms with Crippen LogP contribution in [-0.2, 0) is 16.1 Å². The van der Waals surface area contributed by atoms with Crippen molar-refractivity contribution in [3.05, 3.63) is 101 Å². The molecule has 0 aliphatic carbocycles. The van der Waals surface area contributed by atoms with Crippen LogP contribution in [0.15, 0.2) is 73.3 Å². The van der Waals surface area contributed by atoms with Crippen LogP contribution in [0.25, 0.3) is 11.2 Å². The third kappa shape index (κ3) is 13.0. The molecule has 4 unspecified atom stereocenters. The van der Waals surface area contributed by atoms with Crippen LogP contribution in [0, 0.1) is 18.8 Å². The highest BCUT2D eigenvalue weighted by Crippen LogP contribution is 2.46. The smallest absolute Gasteiger partial charge is 0.272 e. The Morgan fingerprint density at radius 3 is 2.30 bits per heavy atom. The van der Waals surface area contributed by atoms with E-state index in [1.165, 1.54) is 16.7 Å². The lowest BCUT2D eigenvalue weighted by molar-refractivity contribution is -0.134. The van der Waals surface area contributed by atoms with Crippen molar-refractivity contribution in [2.24, 2.45) is 17.6 Å². The number of benzene rings is 2. The van der Waals surface area contributed by atoms with E-state index in [1.807, 2.05) is 53.9 Å². The van der Waals surface area contributed by atoms with Crippen LogP contribution in [0.3, 0.4) is 0 Å². The summed E-state index contributed by atoms with van der Waals surface area (Å²) in [5.74, 6) is 4.57. The number of pyridine rings is 1. The van der Waals surface area contributed by atoms with Gasteiger partial charge in [0.25, 0.3) is 5.91 Å². The number of nitrogens with one attached hydrogen (secondary N) is 2. The first kappa shape index (κ1) is 57.7. The molecule has 0 bridgehead atoms. The average molecular weight is 1120 g/mol. The summed E-state index contributed by atoms with van der Waals surface area (Å²) in [6.45, 7) is 24.1. The van der Waals surface area contributed by atoms with Crippen molar-refractivity contribution in [2.75, 3.05) is 142 Å². The van der Waals surface area contributed by atoms with E-state index < -0.39 is 5.54 Å². The number of aromatic nitrogens is 5. The van der Waals surface area contributed by atoms with Crippen LogP contribution < -0.4 is 26.0 Å². The lowest BCUT2D eigenvalue weighted by Crippen LogP contribution is -2.56. The first-order valence-corrected chi connectivity index (χ1v) is 30.5. The number of amides is 2. The van der Waals surface area contributed by atoms with Gasteiger partial charge in [0.05, 0.1) is 25.0 Å². The van der Waals surface area contributed by atoms with Gasteiger partial charge >= 0.3 is 0 Å². The summed E-state index contributed by atoms with van der Waals surface area (Å²) < 4.78 is 8.12. The van der Waals surface area contributed by atoms with Crippen molar-refractivity contribution in [2.45, 2.75) is 102 Å². The van der Waals surface area contributed by atoms with Crippen molar-refractivity contribution in [3.8, 4) is 5.75 Å². The number of likely N-dealkylation sites (N-methyl/N-ethyl adjacent to an activating group) is 1. The molecule has 0 radical (unpaired) electrons. The van der Waals surface area contributed by atoms with Crippen LogP contribution in [0.1, 0.15) is 104 Å². The van der Waals surface area contributed by atoms with Crippen LogP contribution >= 0.6 is 0 Å². The van der Waals surface area contributed by atoms with E-state index in [2.05, 4.69) is 113 Å². The van der Waals surface area contributed by atoms with E-state index in [-0.39, 0.29) is 35.1 Å². The maximum atomic E-state index is 14.1. The Labute approximate surface area is 485 Å². The third-order valence-electron chi connectivity index (χ3n) is 19.5. The maximum Gasteiger partial charge on any atom is 0.272 e. The minimum atomic E-state index is -0.839. The molecule has 0 saturated carbocycles. The van der Waals surface area contributed by atoms with Gasteiger partial charge in [0, 0.05) is 133 Å². The Morgan fingerprint density at radius 2 is 1.56 bits per heavy atom. The summed E-state index contributed by atoms with van der Waals surface area (Å²) in [4.78, 5) is 76.2. The Morgan fingerprint density at radius 1 is 0.841 bits per heavy atom. The number of ether oxygens (including phenoxy) is 1. The lowest BCUT2D eigenvalue weighted by atomic mass is 9.74. The fourth-order valence-electron chi connectivity index (χ4n) is 13.6. The van der Waals surface area contributed by atoms with Gasteiger partial charge in [-0.3, -0.25) is 24.2 Å². The first-order valence-electron chi connectivity index (χ1n) is 30.5. The number of carbonyl (C=O) groups is 3. The largest absolute Gasteiger partial charge is 0.492 e. The second-order valence-electron chi connectivity index (χ2n) is 25.3. The predicted octanol–water partition coefficient (Wildman–Crippen LogP) is 5.16. The molecule has 440 valence electrons. The van der Waals surface area contributed by atoms with Crippen LogP contribution in [0.4, 0.5) is 11.6 Å². The predicted molar refractivity (Wildman–Crippen MR) is 322 cm³/mol. The van der Waals surface area contributed by atoms with E-state index >= 15 is 0 Å². The Bertz CT molecular complexity index is 3010. The number of carbonyl (C=O) groups excluding carboxylic acids is 3. The number of piperidine rings is 2. The Kier molecular flexibility index (Phi) is 17.6. The van der Waals surface area contributed by atoms with Gasteiger partial charge in [0.2, 0.25) is 5.91 Å². The second-order valence-corrected chi connectivity index (χ2v) is 25.3. The summed E-state index contributed by atoms with van der Waals surface area (Å²) in [7, 11) is 4.07. The number of Topliss-reactive ketones (excluding diaryl/α,β-unsaturated/α-hetero) is 1. The molecule has 4 N–H and O–H groups in total. The number of hydrogen-bond acceptors (Lipinski definition) is 16. The number of nitrogens with zero attached hydrogens (tertiary/aromatic N) is 12. The minimum Gasteiger partial charge on any atom is -0.492 e. The second kappa shape index (κ2) is 25.0. The highest BCUT2D eigenvalue weighted by Gasteiger charge is 2.57. The van der Waals surface area contributed by atoms with E-state index in [4.69, 9.17) is 15.5 Å². The zero-order valence-corrected chi connectivity index (χ0v) is 49.6. The summed E-state index contributed by atoms with van der Waals surface area (Å²) in [6.07, 6.45) is 8.03. The number of aryl methyl sites for hydroxylation is 1. The maximum absolute atomic E-state index is 14.1. The number of hydrogen-bond donors (Lipinski definition) is 3. The molecule has 9 heterocycles. The highest BCUT2D eigenvalue weighted by molar-refractivity contribution is 5.94. The lowest BCUT2D eigenvalue weighted by Gasteiger charge is -2.40. The molecule has 2 aromatic carbocycles. The number of nitrogens with two attached hydrogens (primary N) is 1. The molecule has 5 aromatic rings. The molecule has 2 amide bonds. The van der Waals surface area contributed by atoms with E-state index in [9.17, 15) is 14.4 Å². The molecular weight excluding hydrogens is 1030 g/mol. The van der Waals surface area contributed by atoms with Gasteiger partial charge in [-0.05, 0) is 108 Å². The van der Waals surface area contributed by atoms with Crippen molar-refractivity contribution in [3.63, 3.8) is 0 Å². The number of para-hydroxylation sites is 1. The zero-order valence-electron chi connectivity index (χ0n) is 49.6. The summed E-state index contributed by atoms with van der Waals surface area (Å²) in [5, 5.41) is 7.20. The van der Waals surface area contributed by atoms with Crippen molar-refractivity contribution < 1.29 is 19.1 Å². The van der Waals surface area contributed by atoms with E-state index in [0.29, 0.717) is 81.1 Å². The van der Waals surface area contributed by atoms with E-state index in [0.717, 1.165) is 139 Å². The van der Waals surface area contributed by atoms with Crippen LogP contribution in [0.5, 0.6) is 5.75 Å². The van der Waals surface area contributed by atoms with Crippen LogP contribution in [0.2, 0.25) is 0 Å². The van der Waals surface area contributed by atoms with Crippen LogP contribution in [-0.4, -0.2) is 221 Å². The van der Waals surface area contributed by atoms with E-state index in [1.54, 1.807) is 12.7 Å². The number of imidazole rings is 1. The number of ketones is 1. The molecule has 19 nitrogen and oxygen atoms in total. The van der Waals surface area contributed by atoms with Crippen molar-refractivity contribution >= 4 is 40.4 Å². The van der Waals surface area contributed by atoms with Gasteiger partial charge in [0.15, 0.2) is 11.4 Å². The third-order valence-corrected chi connectivity index (χ3v) is 19.5. The molecule has 5 atom stereocenters. The topological polar surface area (TPSA) is 200 Å². The molecule has 82 heavy (non-hydrogen) atoms. The number of piperazine rings is 2. The Hall–Kier alpha value is -6.09. The molecule has 3 aromatic heterocycles. The molecule has 5 fully saturated rings. The molecule has 19 heteroatoms. The number of anilines is 2. The number of rotatable bonds is 21. The zero-order chi connectivity index (χ0) is 57.1. The highest BCUT2D eigenvalue weighted by atomic mass is 16.5. The van der Waals surface area contributed by atoms with Gasteiger partial charge in [-0.1, -0.05) is 61.9 Å². The fourth-order valence-corrected chi connectivity index (χ4v) is 13.6. The first-order chi connectivity index (χ1) is 39.6. The SMILES string of the molecule is Cc1ccc([C@H](CCN2CCN(C(=O)CN3CCN(CC4CCN(C(=O)c5ccc6ncn(Cc7ccccc7OCCN(C)C)c6n5)CC4)CC3)CC2)C(C)C2(C)NC2CC(=O)C2(N)CCN(c3ncnc4c3C(C)CN4)CC2)cc1.